The minimum atomic E-state index is 0.386. The van der Waals surface area contributed by atoms with Gasteiger partial charge in [0.05, 0.1) is 11.9 Å². The molecule has 0 aliphatic carbocycles. The summed E-state index contributed by atoms with van der Waals surface area (Å²) in [7, 11) is 0. The van der Waals surface area contributed by atoms with Gasteiger partial charge in [-0.2, -0.15) is 10.2 Å². The Morgan fingerprint density at radius 2 is 1.86 bits per heavy atom. The summed E-state index contributed by atoms with van der Waals surface area (Å²) in [5, 5.41) is 12.6. The molecule has 0 bridgehead atoms. The largest absolute Gasteiger partial charge is 0.354 e. The van der Waals surface area contributed by atoms with E-state index in [1.807, 2.05) is 48.7 Å². The fourth-order valence-corrected chi connectivity index (χ4v) is 2.80. The van der Waals surface area contributed by atoms with E-state index < -0.39 is 0 Å². The Morgan fingerprint density at radius 1 is 1.04 bits per heavy atom. The lowest BCUT2D eigenvalue weighted by Gasteiger charge is -2.08. The number of nitriles is 1. The Morgan fingerprint density at radius 3 is 2.64 bits per heavy atom. The number of nitrogens with one attached hydrogen (secondary N) is 1. The third-order valence-corrected chi connectivity index (χ3v) is 4.23. The number of hydrogen-bond acceptors (Lipinski definition) is 6. The molecule has 0 amide bonds. The molecule has 0 saturated heterocycles. The molecule has 0 unspecified atom stereocenters. The molecule has 0 atom stereocenters. The van der Waals surface area contributed by atoms with E-state index in [1.54, 1.807) is 23.3 Å². The Balaban J connectivity index is 1.54. The minimum absolute atomic E-state index is 0.386. The summed E-state index contributed by atoms with van der Waals surface area (Å²) >= 11 is 0. The van der Waals surface area contributed by atoms with Gasteiger partial charge in [-0.1, -0.05) is 30.3 Å². The van der Waals surface area contributed by atoms with Gasteiger partial charge < -0.3 is 5.32 Å². The maximum Gasteiger partial charge on any atom is 0.224 e. The van der Waals surface area contributed by atoms with E-state index >= 15 is 0 Å². The molecule has 3 heterocycles. The molecule has 3 aromatic heterocycles. The van der Waals surface area contributed by atoms with Gasteiger partial charge in [0.2, 0.25) is 5.95 Å². The van der Waals surface area contributed by atoms with Crippen LogP contribution in [0.25, 0.3) is 17.1 Å². The zero-order chi connectivity index (χ0) is 19.2. The number of imidazole rings is 1. The van der Waals surface area contributed by atoms with E-state index in [0.29, 0.717) is 23.9 Å². The Labute approximate surface area is 162 Å². The molecule has 1 N–H and O–H groups in total. The highest BCUT2D eigenvalue weighted by atomic mass is 15.2. The maximum atomic E-state index is 9.43. The van der Waals surface area contributed by atoms with Gasteiger partial charge >= 0.3 is 0 Å². The molecule has 0 fully saturated rings. The van der Waals surface area contributed by atoms with Crippen LogP contribution in [0.5, 0.6) is 0 Å². The smallest absolute Gasteiger partial charge is 0.224 e. The average Bonchev–Trinajstić information content (AvgIpc) is 3.25. The Bertz CT molecular complexity index is 1100. The summed E-state index contributed by atoms with van der Waals surface area (Å²) in [6, 6.07) is 16.0. The van der Waals surface area contributed by atoms with Gasteiger partial charge in [-0.3, -0.25) is 9.55 Å². The maximum absolute atomic E-state index is 9.43. The van der Waals surface area contributed by atoms with Crippen LogP contribution in [0.2, 0.25) is 0 Å². The van der Waals surface area contributed by atoms with Crippen molar-refractivity contribution in [1.29, 1.82) is 5.26 Å². The zero-order valence-corrected chi connectivity index (χ0v) is 15.0. The summed E-state index contributed by atoms with van der Waals surface area (Å²) < 4.78 is 1.75. The molecule has 28 heavy (non-hydrogen) atoms. The summed E-state index contributed by atoms with van der Waals surface area (Å²) in [6.07, 6.45) is 9.42. The second-order valence-electron chi connectivity index (χ2n) is 6.11. The molecular weight excluding hydrogens is 350 g/mol. The van der Waals surface area contributed by atoms with Crippen molar-refractivity contribution in [2.45, 2.75) is 6.42 Å². The Hall–Kier alpha value is -4.05. The number of anilines is 1. The number of aromatic nitrogens is 5. The van der Waals surface area contributed by atoms with Crippen LogP contribution in [-0.4, -0.2) is 31.0 Å². The van der Waals surface area contributed by atoms with E-state index in [2.05, 4.69) is 31.3 Å². The van der Waals surface area contributed by atoms with Crippen LogP contribution in [0, 0.1) is 11.3 Å². The standard InChI is InChI=1S/C21H17N7/c22-12-18-13-25-21(24-11-8-16-6-9-23-10-7-16)27-20(18)28-14-19(26-15-28)17-4-2-1-3-5-17/h1-7,9-10,13-15H,8,11H2,(H,24,25,27). The molecule has 4 rings (SSSR count). The normalized spacial score (nSPS) is 10.4. The zero-order valence-electron chi connectivity index (χ0n) is 15.0. The first kappa shape index (κ1) is 17.4. The average molecular weight is 367 g/mol. The minimum Gasteiger partial charge on any atom is -0.354 e. The quantitative estimate of drug-likeness (QED) is 0.562. The molecule has 4 aromatic rings. The van der Waals surface area contributed by atoms with E-state index in [4.69, 9.17) is 0 Å². The predicted molar refractivity (Wildman–Crippen MR) is 106 cm³/mol. The van der Waals surface area contributed by atoms with Crippen LogP contribution < -0.4 is 5.32 Å². The summed E-state index contributed by atoms with van der Waals surface area (Å²) in [6.45, 7) is 0.675. The van der Waals surface area contributed by atoms with Gasteiger partial charge in [-0.25, -0.2) is 9.97 Å². The predicted octanol–water partition coefficient (Wildman–Crippen LogP) is 3.25. The fraction of sp³-hybridized carbons (Fsp3) is 0.0952. The fourth-order valence-electron chi connectivity index (χ4n) is 2.80. The summed E-state index contributed by atoms with van der Waals surface area (Å²) in [5.74, 6) is 0.969. The molecule has 7 nitrogen and oxygen atoms in total. The van der Waals surface area contributed by atoms with Gasteiger partial charge in [0.25, 0.3) is 0 Å². The van der Waals surface area contributed by atoms with E-state index in [9.17, 15) is 5.26 Å². The first-order valence-corrected chi connectivity index (χ1v) is 8.83. The van der Waals surface area contributed by atoms with Crippen molar-refractivity contribution in [2.24, 2.45) is 0 Å². The first-order chi connectivity index (χ1) is 13.8. The number of benzene rings is 1. The molecule has 0 aliphatic rings. The third-order valence-electron chi connectivity index (χ3n) is 4.23. The lowest BCUT2D eigenvalue weighted by atomic mass is 10.2. The van der Waals surface area contributed by atoms with Crippen molar-refractivity contribution in [3.8, 4) is 23.1 Å². The van der Waals surface area contributed by atoms with Gasteiger partial charge in [0, 0.05) is 30.7 Å². The van der Waals surface area contributed by atoms with Crippen molar-refractivity contribution in [1.82, 2.24) is 24.5 Å². The lowest BCUT2D eigenvalue weighted by Crippen LogP contribution is -2.10. The van der Waals surface area contributed by atoms with E-state index in [0.717, 1.165) is 17.7 Å². The van der Waals surface area contributed by atoms with Crippen molar-refractivity contribution < 1.29 is 0 Å². The number of pyridine rings is 1. The Kier molecular flexibility index (Phi) is 5.02. The highest BCUT2D eigenvalue weighted by Crippen LogP contribution is 2.19. The van der Waals surface area contributed by atoms with Crippen LogP contribution in [0.4, 0.5) is 5.95 Å². The first-order valence-electron chi connectivity index (χ1n) is 8.83. The SMILES string of the molecule is N#Cc1cnc(NCCc2ccncc2)nc1-n1cnc(-c2ccccc2)c1. The van der Waals surface area contributed by atoms with Crippen molar-refractivity contribution in [3.63, 3.8) is 0 Å². The van der Waals surface area contributed by atoms with Gasteiger partial charge in [0.1, 0.15) is 18.0 Å². The highest BCUT2D eigenvalue weighted by Gasteiger charge is 2.11. The lowest BCUT2D eigenvalue weighted by molar-refractivity contribution is 0.935. The number of rotatable bonds is 6. The van der Waals surface area contributed by atoms with Crippen LogP contribution in [-0.2, 0) is 6.42 Å². The molecule has 0 aliphatic heterocycles. The van der Waals surface area contributed by atoms with Gasteiger partial charge in [-0.05, 0) is 24.1 Å². The molecule has 1 aromatic carbocycles. The van der Waals surface area contributed by atoms with Gasteiger partial charge in [0.15, 0.2) is 5.82 Å². The molecule has 0 spiro atoms. The number of hydrogen-bond donors (Lipinski definition) is 1. The molecule has 7 heteroatoms. The van der Waals surface area contributed by atoms with Crippen molar-refractivity contribution >= 4 is 5.95 Å². The molecule has 136 valence electrons. The van der Waals surface area contributed by atoms with Crippen molar-refractivity contribution in [2.75, 3.05) is 11.9 Å². The van der Waals surface area contributed by atoms with Gasteiger partial charge in [-0.15, -0.1) is 0 Å². The monoisotopic (exact) mass is 367 g/mol. The van der Waals surface area contributed by atoms with Crippen LogP contribution in [0.15, 0.2) is 73.6 Å². The highest BCUT2D eigenvalue weighted by molar-refractivity contribution is 5.59. The third kappa shape index (κ3) is 3.86. The molecule has 0 saturated carbocycles. The second-order valence-corrected chi connectivity index (χ2v) is 6.11. The molecule has 0 radical (unpaired) electrons. The van der Waals surface area contributed by atoms with Crippen LogP contribution in [0.1, 0.15) is 11.1 Å². The molecular formula is C21H17N7. The second kappa shape index (κ2) is 8.10. The summed E-state index contributed by atoms with van der Waals surface area (Å²) in [4.78, 5) is 17.2. The van der Waals surface area contributed by atoms with Crippen LogP contribution in [0.3, 0.4) is 0 Å². The van der Waals surface area contributed by atoms with Crippen LogP contribution >= 0.6 is 0 Å². The topological polar surface area (TPSA) is 92.3 Å². The number of nitrogens with zero attached hydrogens (tertiary/aromatic N) is 6. The van der Waals surface area contributed by atoms with Crippen molar-refractivity contribution in [3.05, 3.63) is 84.7 Å². The van der Waals surface area contributed by atoms with E-state index in [-0.39, 0.29) is 0 Å². The van der Waals surface area contributed by atoms with E-state index in [1.165, 1.54) is 11.8 Å². The summed E-state index contributed by atoms with van der Waals surface area (Å²) in [5.41, 5.74) is 3.38.